The van der Waals surface area contributed by atoms with E-state index in [4.69, 9.17) is 24.5 Å². The van der Waals surface area contributed by atoms with Crippen molar-refractivity contribution in [2.24, 2.45) is 0 Å². The predicted molar refractivity (Wildman–Crippen MR) is 119 cm³/mol. The van der Waals surface area contributed by atoms with E-state index in [-0.39, 0.29) is 0 Å². The summed E-state index contributed by atoms with van der Waals surface area (Å²) in [5.41, 5.74) is -0.513. The first kappa shape index (κ1) is 28.3. The van der Waals surface area contributed by atoms with E-state index in [1.807, 2.05) is 5.38 Å². The standard InChI is InChI=1S/C18H30N4O4S.C2H2O4/c1-13(2)15-19-14(12-27-15)11-21(4)17(25)20-18(3,16(23)24)5-6-22-7-9-26-10-8-22;3-1(4)2(5)6/h12-13H,5-11H2,1-4H3,(H,20,25)(H,23,24);(H,3,4)(H,5,6)/t18-;/m0./s1. The van der Waals surface area contributed by atoms with E-state index >= 15 is 0 Å². The van der Waals surface area contributed by atoms with E-state index in [1.54, 1.807) is 25.3 Å². The number of aromatic nitrogens is 1. The second-order valence-corrected chi connectivity index (χ2v) is 8.96. The van der Waals surface area contributed by atoms with E-state index in [9.17, 15) is 14.7 Å². The number of thiazole rings is 1. The monoisotopic (exact) mass is 488 g/mol. The average molecular weight is 489 g/mol. The van der Waals surface area contributed by atoms with Crippen LogP contribution in [0, 0.1) is 0 Å². The lowest BCUT2D eigenvalue weighted by Crippen LogP contribution is -2.56. The maximum atomic E-state index is 12.6. The maximum Gasteiger partial charge on any atom is 0.414 e. The van der Waals surface area contributed by atoms with Crippen molar-refractivity contribution >= 4 is 35.3 Å². The number of rotatable bonds is 8. The van der Waals surface area contributed by atoms with Crippen molar-refractivity contribution in [1.29, 1.82) is 0 Å². The molecule has 1 aliphatic heterocycles. The second-order valence-electron chi connectivity index (χ2n) is 8.07. The minimum atomic E-state index is -1.82. The highest BCUT2D eigenvalue weighted by molar-refractivity contribution is 7.09. The fourth-order valence-electron chi connectivity index (χ4n) is 2.74. The maximum absolute atomic E-state index is 12.6. The molecule has 12 nitrogen and oxygen atoms in total. The Balaban J connectivity index is 0.000000801. The Kier molecular flexibility index (Phi) is 11.2. The molecule has 186 valence electrons. The van der Waals surface area contributed by atoms with Gasteiger partial charge in [-0.2, -0.15) is 0 Å². The van der Waals surface area contributed by atoms with Gasteiger partial charge in [-0.1, -0.05) is 13.8 Å². The summed E-state index contributed by atoms with van der Waals surface area (Å²) in [6, 6.07) is -0.416. The third-order valence-electron chi connectivity index (χ3n) is 4.88. The van der Waals surface area contributed by atoms with Crippen molar-refractivity contribution < 1.29 is 39.2 Å². The number of nitrogens with zero attached hydrogens (tertiary/aromatic N) is 3. The molecule has 2 heterocycles. The number of nitrogens with one attached hydrogen (secondary N) is 1. The number of carboxylic acids is 3. The van der Waals surface area contributed by atoms with Crippen LogP contribution in [0.4, 0.5) is 4.79 Å². The zero-order valence-electron chi connectivity index (χ0n) is 19.2. The highest BCUT2D eigenvalue weighted by Crippen LogP contribution is 2.20. The molecule has 13 heteroatoms. The number of carbonyl (C=O) groups excluding carboxylic acids is 1. The molecule has 2 rings (SSSR count). The van der Waals surface area contributed by atoms with Gasteiger partial charge in [0.1, 0.15) is 5.54 Å². The fourth-order valence-corrected chi connectivity index (χ4v) is 3.56. The Morgan fingerprint density at radius 2 is 1.79 bits per heavy atom. The third-order valence-corrected chi connectivity index (χ3v) is 6.07. The molecule has 33 heavy (non-hydrogen) atoms. The number of carbonyl (C=O) groups is 4. The summed E-state index contributed by atoms with van der Waals surface area (Å²) >= 11 is 1.57. The number of aliphatic carboxylic acids is 3. The van der Waals surface area contributed by atoms with Crippen molar-refractivity contribution in [3.8, 4) is 0 Å². The summed E-state index contributed by atoms with van der Waals surface area (Å²) < 4.78 is 5.31. The van der Waals surface area contributed by atoms with Crippen LogP contribution in [0.15, 0.2) is 5.38 Å². The summed E-state index contributed by atoms with van der Waals surface area (Å²) in [4.78, 5) is 50.7. The Labute approximate surface area is 196 Å². The van der Waals surface area contributed by atoms with Crippen LogP contribution in [-0.2, 0) is 25.7 Å². The van der Waals surface area contributed by atoms with Gasteiger partial charge in [0.25, 0.3) is 0 Å². The number of hydrogen-bond donors (Lipinski definition) is 4. The van der Waals surface area contributed by atoms with Crippen LogP contribution in [-0.4, -0.2) is 99.5 Å². The van der Waals surface area contributed by atoms with Crippen molar-refractivity contribution in [3.05, 3.63) is 16.1 Å². The van der Waals surface area contributed by atoms with Crippen LogP contribution in [0.5, 0.6) is 0 Å². The van der Waals surface area contributed by atoms with E-state index in [0.29, 0.717) is 38.6 Å². The number of morpholine rings is 1. The van der Waals surface area contributed by atoms with E-state index < -0.39 is 29.5 Å². The van der Waals surface area contributed by atoms with E-state index in [2.05, 4.69) is 29.0 Å². The highest BCUT2D eigenvalue weighted by Gasteiger charge is 2.36. The molecular weight excluding hydrogens is 456 g/mol. The summed E-state index contributed by atoms with van der Waals surface area (Å²) in [7, 11) is 1.65. The zero-order chi connectivity index (χ0) is 25.2. The molecule has 0 bridgehead atoms. The smallest absolute Gasteiger partial charge is 0.414 e. The largest absolute Gasteiger partial charge is 0.480 e. The SMILES string of the molecule is CC(C)c1nc(CN(C)C(=O)N[C@@](C)(CCN2CCOCC2)C(=O)O)cs1.O=C(O)C(=O)O. The molecule has 1 aliphatic rings. The number of amides is 2. The quantitative estimate of drug-likeness (QED) is 0.389. The minimum absolute atomic E-state index is 0.329. The minimum Gasteiger partial charge on any atom is -0.480 e. The van der Waals surface area contributed by atoms with E-state index in [1.165, 1.54) is 4.90 Å². The first-order valence-electron chi connectivity index (χ1n) is 10.3. The van der Waals surface area contributed by atoms with E-state index in [0.717, 1.165) is 23.8 Å². The van der Waals surface area contributed by atoms with Crippen LogP contribution in [0.2, 0.25) is 0 Å². The van der Waals surface area contributed by atoms with Crippen LogP contribution in [0.3, 0.4) is 0 Å². The predicted octanol–water partition coefficient (Wildman–Crippen LogP) is 1.13. The Morgan fingerprint density at radius 3 is 2.24 bits per heavy atom. The number of carboxylic acid groups (broad SMARTS) is 3. The molecule has 1 aromatic rings. The molecule has 0 aliphatic carbocycles. The van der Waals surface area contributed by atoms with Gasteiger partial charge < -0.3 is 30.3 Å². The molecular formula is C20H32N4O8S. The molecule has 2 amide bonds. The summed E-state index contributed by atoms with van der Waals surface area (Å²) in [6.07, 6.45) is 0.329. The molecule has 4 N–H and O–H groups in total. The summed E-state index contributed by atoms with van der Waals surface area (Å²) in [6.45, 7) is 9.53. The van der Waals surface area contributed by atoms with Crippen LogP contribution >= 0.6 is 11.3 Å². The second kappa shape index (κ2) is 13.1. The van der Waals surface area contributed by atoms with Crippen molar-refractivity contribution in [2.75, 3.05) is 39.9 Å². The lowest BCUT2D eigenvalue weighted by Gasteiger charge is -2.33. The Hall–Kier alpha value is -2.77. The van der Waals surface area contributed by atoms with Gasteiger partial charge in [0.15, 0.2) is 0 Å². The van der Waals surface area contributed by atoms with Gasteiger partial charge in [-0.3, -0.25) is 4.90 Å². The number of hydrogen-bond acceptors (Lipinski definition) is 8. The lowest BCUT2D eigenvalue weighted by atomic mass is 9.97. The molecule has 0 unspecified atom stereocenters. The van der Waals surface area contributed by atoms with Crippen LogP contribution < -0.4 is 5.32 Å². The highest BCUT2D eigenvalue weighted by atomic mass is 32.1. The molecule has 0 aromatic carbocycles. The number of urea groups is 1. The van der Waals surface area contributed by atoms with Gasteiger partial charge in [-0.25, -0.2) is 24.2 Å². The van der Waals surface area contributed by atoms with Crippen molar-refractivity contribution in [3.63, 3.8) is 0 Å². The van der Waals surface area contributed by atoms with Crippen LogP contribution in [0.25, 0.3) is 0 Å². The summed E-state index contributed by atoms with van der Waals surface area (Å²) in [5, 5.41) is 30.1. The summed E-state index contributed by atoms with van der Waals surface area (Å²) in [5.74, 6) is -4.34. The molecule has 1 saturated heterocycles. The number of ether oxygens (including phenoxy) is 1. The van der Waals surface area contributed by atoms with Gasteiger partial charge in [-0.15, -0.1) is 11.3 Å². The topological polar surface area (TPSA) is 170 Å². The molecule has 0 radical (unpaired) electrons. The lowest BCUT2D eigenvalue weighted by molar-refractivity contribution is -0.159. The van der Waals surface area contributed by atoms with Gasteiger partial charge in [0.05, 0.1) is 30.5 Å². The van der Waals surface area contributed by atoms with Crippen molar-refractivity contribution in [2.45, 2.75) is 45.2 Å². The molecule has 0 spiro atoms. The first-order valence-corrected chi connectivity index (χ1v) is 11.2. The van der Waals surface area contributed by atoms with Gasteiger partial charge in [0.2, 0.25) is 0 Å². The zero-order valence-corrected chi connectivity index (χ0v) is 20.1. The van der Waals surface area contributed by atoms with Gasteiger partial charge in [-0.05, 0) is 13.3 Å². The molecule has 1 atom stereocenters. The molecule has 1 aromatic heterocycles. The third kappa shape index (κ3) is 9.72. The van der Waals surface area contributed by atoms with Gasteiger partial charge >= 0.3 is 23.9 Å². The molecule has 1 fully saturated rings. The first-order chi connectivity index (χ1) is 15.4. The Bertz CT molecular complexity index is 813. The molecule has 0 saturated carbocycles. The van der Waals surface area contributed by atoms with Crippen molar-refractivity contribution in [1.82, 2.24) is 20.1 Å². The van der Waals surface area contributed by atoms with Gasteiger partial charge in [0, 0.05) is 38.0 Å². The average Bonchev–Trinajstić information content (AvgIpc) is 3.22. The normalized spacial score (nSPS) is 15.7. The van der Waals surface area contributed by atoms with Crippen LogP contribution in [0.1, 0.15) is 43.8 Å². The fraction of sp³-hybridized carbons (Fsp3) is 0.650. The Morgan fingerprint density at radius 1 is 1.21 bits per heavy atom.